The molecule has 2 nitrogen and oxygen atoms in total. The minimum absolute atomic E-state index is 0. The Kier molecular flexibility index (Phi) is 6.64. The molecule has 0 aliphatic rings. The van der Waals surface area contributed by atoms with Crippen molar-refractivity contribution in [3.8, 4) is 0 Å². The van der Waals surface area contributed by atoms with Crippen molar-refractivity contribution in [2.24, 2.45) is 10.8 Å². The molecule has 86 valence electrons. The van der Waals surface area contributed by atoms with Crippen molar-refractivity contribution in [3.63, 3.8) is 0 Å². The van der Waals surface area contributed by atoms with Crippen molar-refractivity contribution < 1.29 is 27.6 Å². The third kappa shape index (κ3) is 6.03. The Morgan fingerprint density at radius 1 is 0.786 bits per heavy atom. The zero-order chi connectivity index (χ0) is 10.9. The zero-order valence-corrected chi connectivity index (χ0v) is 11.4. The van der Waals surface area contributed by atoms with E-state index in [0.29, 0.717) is 6.42 Å². The van der Waals surface area contributed by atoms with E-state index >= 15 is 0 Å². The molecule has 2 unspecified atom stereocenters. The van der Waals surface area contributed by atoms with Gasteiger partial charge in [0.05, 0.1) is 12.2 Å². The van der Waals surface area contributed by atoms with Gasteiger partial charge >= 0.3 is 0 Å². The number of aliphatic hydroxyl groups excluding tert-OH is 2. The normalized spacial score (nSPS) is 17.1. The molecule has 2 atom stereocenters. The average molecular weight is 240 g/mol. The maximum atomic E-state index is 9.76. The van der Waals surface area contributed by atoms with Gasteiger partial charge in [-0.25, -0.2) is 0 Å². The number of rotatable bonds is 2. The van der Waals surface area contributed by atoms with Gasteiger partial charge in [-0.1, -0.05) is 41.5 Å². The molecule has 0 aliphatic heterocycles. The van der Waals surface area contributed by atoms with Crippen LogP contribution >= 0.6 is 0 Å². The van der Waals surface area contributed by atoms with Crippen molar-refractivity contribution in [1.29, 1.82) is 0 Å². The van der Waals surface area contributed by atoms with Crippen LogP contribution in [0.5, 0.6) is 0 Å². The molecule has 0 fully saturated rings. The molecule has 0 aromatic rings. The van der Waals surface area contributed by atoms with Crippen LogP contribution in [0.3, 0.4) is 0 Å². The van der Waals surface area contributed by atoms with E-state index < -0.39 is 12.2 Å². The van der Waals surface area contributed by atoms with E-state index in [1.54, 1.807) is 0 Å². The minimum atomic E-state index is -0.443. The average Bonchev–Trinajstić information content (AvgIpc) is 1.82. The molecule has 0 spiro atoms. The van der Waals surface area contributed by atoms with Crippen molar-refractivity contribution in [2.45, 2.75) is 60.2 Å². The Labute approximate surface area is 98.9 Å². The second kappa shape index (κ2) is 5.51. The number of hydrogen-bond donors (Lipinski definition) is 2. The Balaban J connectivity index is 0. The summed E-state index contributed by atoms with van der Waals surface area (Å²) in [4.78, 5) is 0. The fraction of sp³-hybridized carbons (Fsp3) is 1.00. The SMILES string of the molecule is CC(C)(C)C(O)CC(O)C(C)(C)C.[Cr]. The van der Waals surface area contributed by atoms with Gasteiger partial charge in [-0.05, 0) is 10.8 Å². The van der Waals surface area contributed by atoms with E-state index in [0.717, 1.165) is 0 Å². The zero-order valence-electron chi connectivity index (χ0n) is 10.2. The topological polar surface area (TPSA) is 40.5 Å². The van der Waals surface area contributed by atoms with Crippen LogP contribution in [0.4, 0.5) is 0 Å². The van der Waals surface area contributed by atoms with Crippen LogP contribution in [0.15, 0.2) is 0 Å². The standard InChI is InChI=1S/C11H24O2.Cr/c1-10(2,3)8(12)7-9(13)11(4,5)6;/h8-9,12-13H,7H2,1-6H3;. The summed E-state index contributed by atoms with van der Waals surface area (Å²) in [6, 6.07) is 0. The molecule has 0 heterocycles. The predicted octanol–water partition coefficient (Wildman–Crippen LogP) is 2.19. The van der Waals surface area contributed by atoms with Crippen LogP contribution in [0.1, 0.15) is 48.0 Å². The molecular weight excluding hydrogens is 216 g/mol. The Morgan fingerprint density at radius 2 is 1.00 bits per heavy atom. The molecule has 0 aliphatic carbocycles. The Morgan fingerprint density at radius 3 is 1.14 bits per heavy atom. The largest absolute Gasteiger partial charge is 0.392 e. The molecular formula is C11H24CrO2. The van der Waals surface area contributed by atoms with Gasteiger partial charge in [0, 0.05) is 23.8 Å². The third-order valence-electron chi connectivity index (χ3n) is 2.45. The molecule has 0 aromatic carbocycles. The second-order valence-electron chi connectivity index (χ2n) is 6.00. The quantitative estimate of drug-likeness (QED) is 0.776. The second-order valence-corrected chi connectivity index (χ2v) is 6.00. The predicted molar refractivity (Wildman–Crippen MR) is 55.5 cm³/mol. The fourth-order valence-electron chi connectivity index (χ4n) is 0.919. The van der Waals surface area contributed by atoms with Gasteiger partial charge in [0.1, 0.15) is 0 Å². The van der Waals surface area contributed by atoms with E-state index in [-0.39, 0.29) is 28.2 Å². The molecule has 14 heavy (non-hydrogen) atoms. The van der Waals surface area contributed by atoms with Gasteiger partial charge in [0.15, 0.2) is 0 Å². The summed E-state index contributed by atoms with van der Waals surface area (Å²) in [6.45, 7) is 11.9. The van der Waals surface area contributed by atoms with Crippen LogP contribution in [0.2, 0.25) is 0 Å². The molecule has 0 amide bonds. The first-order valence-electron chi connectivity index (χ1n) is 4.91. The summed E-state index contributed by atoms with van der Waals surface area (Å²) < 4.78 is 0. The molecule has 0 saturated heterocycles. The van der Waals surface area contributed by atoms with Gasteiger partial charge in [-0.3, -0.25) is 0 Å². The van der Waals surface area contributed by atoms with Crippen LogP contribution in [-0.2, 0) is 17.4 Å². The van der Waals surface area contributed by atoms with Crippen LogP contribution in [0, 0.1) is 10.8 Å². The summed E-state index contributed by atoms with van der Waals surface area (Å²) in [5.41, 5.74) is -0.293. The minimum Gasteiger partial charge on any atom is -0.392 e. The van der Waals surface area contributed by atoms with E-state index in [2.05, 4.69) is 0 Å². The first-order chi connectivity index (χ1) is 5.55. The smallest absolute Gasteiger partial charge is 0.0613 e. The summed E-state index contributed by atoms with van der Waals surface area (Å²) in [7, 11) is 0. The number of hydrogen-bond acceptors (Lipinski definition) is 2. The fourth-order valence-corrected chi connectivity index (χ4v) is 0.919. The van der Waals surface area contributed by atoms with Crippen molar-refractivity contribution in [2.75, 3.05) is 0 Å². The van der Waals surface area contributed by atoms with E-state index in [4.69, 9.17) is 0 Å². The van der Waals surface area contributed by atoms with Gasteiger partial charge in [-0.15, -0.1) is 0 Å². The molecule has 0 saturated carbocycles. The molecule has 0 radical (unpaired) electrons. The van der Waals surface area contributed by atoms with Crippen LogP contribution < -0.4 is 0 Å². The Bertz CT molecular complexity index is 138. The number of aliphatic hydroxyl groups is 2. The summed E-state index contributed by atoms with van der Waals surface area (Å²) in [6.07, 6.45) is -0.434. The van der Waals surface area contributed by atoms with E-state index in [1.165, 1.54) is 0 Å². The Hall–Kier alpha value is 0.452. The van der Waals surface area contributed by atoms with Crippen molar-refractivity contribution >= 4 is 0 Å². The third-order valence-corrected chi connectivity index (χ3v) is 2.45. The van der Waals surface area contributed by atoms with Crippen molar-refractivity contribution in [3.05, 3.63) is 0 Å². The molecule has 0 rings (SSSR count). The first kappa shape index (κ1) is 16.9. The van der Waals surface area contributed by atoms with Gasteiger partial charge < -0.3 is 10.2 Å². The van der Waals surface area contributed by atoms with Crippen LogP contribution in [-0.4, -0.2) is 22.4 Å². The summed E-state index contributed by atoms with van der Waals surface area (Å²) >= 11 is 0. The maximum absolute atomic E-state index is 9.76. The maximum Gasteiger partial charge on any atom is 0.0613 e. The first-order valence-corrected chi connectivity index (χ1v) is 4.91. The van der Waals surface area contributed by atoms with E-state index in [1.807, 2.05) is 41.5 Å². The van der Waals surface area contributed by atoms with Crippen molar-refractivity contribution in [1.82, 2.24) is 0 Å². The van der Waals surface area contributed by atoms with Gasteiger partial charge in [0.2, 0.25) is 0 Å². The molecule has 3 heteroatoms. The summed E-state index contributed by atoms with van der Waals surface area (Å²) in [5.74, 6) is 0. The molecule has 0 aromatic heterocycles. The molecule has 0 bridgehead atoms. The van der Waals surface area contributed by atoms with Gasteiger partial charge in [-0.2, -0.15) is 0 Å². The van der Waals surface area contributed by atoms with E-state index in [9.17, 15) is 10.2 Å². The molecule has 2 N–H and O–H groups in total. The van der Waals surface area contributed by atoms with Gasteiger partial charge in [0.25, 0.3) is 0 Å². The van der Waals surface area contributed by atoms with Crippen LogP contribution in [0.25, 0.3) is 0 Å². The monoisotopic (exact) mass is 240 g/mol. The summed E-state index contributed by atoms with van der Waals surface area (Å²) in [5, 5.41) is 19.5.